The van der Waals surface area contributed by atoms with Gasteiger partial charge in [-0.1, -0.05) is 59.1 Å². The molecule has 0 aliphatic carbocycles. The van der Waals surface area contributed by atoms with Crippen LogP contribution in [0.5, 0.6) is 0 Å². The van der Waals surface area contributed by atoms with Gasteiger partial charge in [0.1, 0.15) is 0 Å². The lowest BCUT2D eigenvalue weighted by Gasteiger charge is -2.36. The molecule has 2 N–H and O–H groups in total. The second-order valence-corrected chi connectivity index (χ2v) is 10.4. The predicted octanol–water partition coefficient (Wildman–Crippen LogP) is 6.44. The van der Waals surface area contributed by atoms with Crippen LogP contribution < -0.4 is 15.5 Å². The summed E-state index contributed by atoms with van der Waals surface area (Å²) >= 11 is 23.9. The van der Waals surface area contributed by atoms with Crippen LogP contribution in [0.3, 0.4) is 0 Å². The Labute approximate surface area is 242 Å². The van der Waals surface area contributed by atoms with Crippen molar-refractivity contribution in [2.45, 2.75) is 6.92 Å². The third-order valence-electron chi connectivity index (χ3n) is 6.10. The van der Waals surface area contributed by atoms with Crippen LogP contribution in [0.4, 0.5) is 11.4 Å². The molecule has 0 saturated carbocycles. The Kier molecular flexibility index (Phi) is 9.28. The van der Waals surface area contributed by atoms with E-state index in [1.165, 1.54) is 6.08 Å². The van der Waals surface area contributed by atoms with Gasteiger partial charge in [0.05, 0.1) is 10.7 Å². The van der Waals surface area contributed by atoms with E-state index in [9.17, 15) is 9.59 Å². The van der Waals surface area contributed by atoms with E-state index in [4.69, 9.17) is 47.0 Å². The van der Waals surface area contributed by atoms with Gasteiger partial charge in [-0.15, -0.1) is 0 Å². The highest BCUT2D eigenvalue weighted by atomic mass is 35.5. The highest BCUT2D eigenvalue weighted by Gasteiger charge is 2.24. The van der Waals surface area contributed by atoms with Gasteiger partial charge in [-0.2, -0.15) is 0 Å². The van der Waals surface area contributed by atoms with E-state index < -0.39 is 5.91 Å². The number of nitrogens with one attached hydrogen (secondary N) is 2. The average molecular weight is 588 g/mol. The number of halogens is 3. The fourth-order valence-electron chi connectivity index (χ4n) is 4.09. The van der Waals surface area contributed by atoms with Gasteiger partial charge in [-0.25, -0.2) is 0 Å². The molecule has 0 aromatic heterocycles. The van der Waals surface area contributed by atoms with Crippen LogP contribution >= 0.6 is 47.0 Å². The van der Waals surface area contributed by atoms with Gasteiger partial charge in [0.25, 0.3) is 5.91 Å². The van der Waals surface area contributed by atoms with Crippen molar-refractivity contribution in [2.75, 3.05) is 36.4 Å². The minimum absolute atomic E-state index is 0.0510. The van der Waals surface area contributed by atoms with E-state index in [-0.39, 0.29) is 11.0 Å². The maximum Gasteiger partial charge on any atom is 0.254 e. The van der Waals surface area contributed by atoms with Crippen molar-refractivity contribution >= 4 is 81.4 Å². The Morgan fingerprint density at radius 1 is 0.921 bits per heavy atom. The normalized spacial score (nSPS) is 13.5. The van der Waals surface area contributed by atoms with Crippen molar-refractivity contribution in [3.63, 3.8) is 0 Å². The Hall–Kier alpha value is -3.10. The first kappa shape index (κ1) is 27.9. The molecule has 1 heterocycles. The molecule has 0 unspecified atom stereocenters. The molecule has 1 saturated heterocycles. The van der Waals surface area contributed by atoms with Crippen LogP contribution in [0, 0.1) is 6.92 Å². The zero-order chi connectivity index (χ0) is 27.2. The molecule has 1 fully saturated rings. The summed E-state index contributed by atoms with van der Waals surface area (Å²) in [5.41, 5.74) is 3.89. The number of aryl methyl sites for hydroxylation is 1. The molecule has 0 spiro atoms. The smallest absolute Gasteiger partial charge is 0.254 e. The minimum atomic E-state index is -0.408. The van der Waals surface area contributed by atoms with Crippen LogP contribution in [-0.2, 0) is 4.79 Å². The Balaban J connectivity index is 1.30. The maximum atomic E-state index is 12.9. The van der Waals surface area contributed by atoms with Gasteiger partial charge in [-0.3, -0.25) is 14.9 Å². The van der Waals surface area contributed by atoms with Gasteiger partial charge in [0.15, 0.2) is 5.11 Å². The fraction of sp³-hybridized carbons (Fsp3) is 0.179. The SMILES string of the molecule is Cc1ccccc1C(=O)N1CCN(c2ccc(NC(=S)NC(=O)C=Cc3ccc(Cl)cc3Cl)cc2Cl)CC1. The first-order valence-corrected chi connectivity index (χ1v) is 13.4. The van der Waals surface area contributed by atoms with E-state index in [2.05, 4.69) is 15.5 Å². The minimum Gasteiger partial charge on any atom is -0.367 e. The van der Waals surface area contributed by atoms with Gasteiger partial charge >= 0.3 is 0 Å². The largest absolute Gasteiger partial charge is 0.367 e. The first-order chi connectivity index (χ1) is 18.2. The molecule has 38 heavy (non-hydrogen) atoms. The van der Waals surface area contributed by atoms with E-state index in [1.54, 1.807) is 30.3 Å². The molecule has 3 aromatic carbocycles. The summed E-state index contributed by atoms with van der Waals surface area (Å²) in [5, 5.41) is 7.20. The molecule has 2 amide bonds. The second kappa shape index (κ2) is 12.6. The number of amides is 2. The fourth-order valence-corrected chi connectivity index (χ4v) is 5.08. The number of rotatable bonds is 5. The average Bonchev–Trinajstić information content (AvgIpc) is 2.88. The van der Waals surface area contributed by atoms with Crippen molar-refractivity contribution in [3.8, 4) is 0 Å². The third kappa shape index (κ3) is 7.05. The van der Waals surface area contributed by atoms with Crippen LogP contribution in [0.25, 0.3) is 6.08 Å². The number of carbonyl (C=O) groups excluding carboxylic acids is 2. The number of hydrogen-bond acceptors (Lipinski definition) is 4. The molecule has 6 nitrogen and oxygen atoms in total. The van der Waals surface area contributed by atoms with Gasteiger partial charge < -0.3 is 15.1 Å². The zero-order valence-corrected chi connectivity index (χ0v) is 23.6. The molecule has 10 heteroatoms. The lowest BCUT2D eigenvalue weighted by Crippen LogP contribution is -2.49. The number of piperazine rings is 1. The first-order valence-electron chi connectivity index (χ1n) is 11.9. The standard InChI is InChI=1S/C28H25Cl3N4O2S/c1-18-4-2-3-5-22(18)27(37)35-14-12-34(13-15-35)25-10-9-21(17-24(25)31)32-28(38)33-26(36)11-7-19-6-8-20(29)16-23(19)30/h2-11,16-17H,12-15H2,1H3,(H2,32,33,36,38). The Morgan fingerprint density at radius 2 is 1.66 bits per heavy atom. The van der Waals surface area contributed by atoms with Crippen molar-refractivity contribution < 1.29 is 9.59 Å². The number of hydrogen-bond donors (Lipinski definition) is 2. The lowest BCUT2D eigenvalue weighted by molar-refractivity contribution is -0.115. The number of anilines is 2. The van der Waals surface area contributed by atoms with Gasteiger partial charge in [-0.05, 0) is 72.7 Å². The summed E-state index contributed by atoms with van der Waals surface area (Å²) in [4.78, 5) is 29.2. The highest BCUT2D eigenvalue weighted by molar-refractivity contribution is 7.80. The molecule has 0 radical (unpaired) electrons. The lowest BCUT2D eigenvalue weighted by atomic mass is 10.1. The van der Waals surface area contributed by atoms with Crippen LogP contribution in [-0.4, -0.2) is 48.0 Å². The molecule has 3 aromatic rings. The predicted molar refractivity (Wildman–Crippen MR) is 161 cm³/mol. The van der Waals surface area contributed by atoms with Crippen molar-refractivity contribution in [1.29, 1.82) is 0 Å². The zero-order valence-electron chi connectivity index (χ0n) is 20.5. The molecule has 4 rings (SSSR count). The van der Waals surface area contributed by atoms with Crippen LogP contribution in [0.1, 0.15) is 21.5 Å². The van der Waals surface area contributed by atoms with Gasteiger partial charge in [0, 0.05) is 53.6 Å². The Morgan fingerprint density at radius 3 is 2.34 bits per heavy atom. The molecule has 196 valence electrons. The van der Waals surface area contributed by atoms with Crippen LogP contribution in [0.15, 0.2) is 66.7 Å². The van der Waals surface area contributed by atoms with Crippen molar-refractivity contribution in [1.82, 2.24) is 10.2 Å². The quantitative estimate of drug-likeness (QED) is 0.266. The topological polar surface area (TPSA) is 64.7 Å². The molecule has 0 bridgehead atoms. The van der Waals surface area contributed by atoms with E-state index >= 15 is 0 Å². The Bertz CT molecular complexity index is 1400. The summed E-state index contributed by atoms with van der Waals surface area (Å²) in [6.07, 6.45) is 2.92. The summed E-state index contributed by atoms with van der Waals surface area (Å²) < 4.78 is 0. The number of nitrogens with zero attached hydrogens (tertiary/aromatic N) is 2. The molecular weight excluding hydrogens is 563 g/mol. The molecule has 1 aliphatic rings. The van der Waals surface area contributed by atoms with E-state index in [0.29, 0.717) is 52.5 Å². The maximum absolute atomic E-state index is 12.9. The molecule has 0 atom stereocenters. The van der Waals surface area contributed by atoms with Gasteiger partial charge in [0.2, 0.25) is 5.91 Å². The number of benzene rings is 3. The molecular formula is C28H25Cl3N4O2S. The highest BCUT2D eigenvalue weighted by Crippen LogP contribution is 2.30. The summed E-state index contributed by atoms with van der Waals surface area (Å²) in [6.45, 7) is 4.50. The third-order valence-corrected chi connectivity index (χ3v) is 7.17. The molecule has 1 aliphatic heterocycles. The number of carbonyl (C=O) groups is 2. The van der Waals surface area contributed by atoms with Crippen molar-refractivity contribution in [3.05, 3.63) is 98.5 Å². The second-order valence-electron chi connectivity index (χ2n) is 8.70. The summed E-state index contributed by atoms with van der Waals surface area (Å²) in [6, 6.07) is 18.1. The van der Waals surface area contributed by atoms with E-state index in [1.807, 2.05) is 48.2 Å². The summed E-state index contributed by atoms with van der Waals surface area (Å²) in [5.74, 6) is -0.357. The number of thiocarbonyl (C=S) groups is 1. The van der Waals surface area contributed by atoms with E-state index in [0.717, 1.165) is 16.8 Å². The van der Waals surface area contributed by atoms with Crippen molar-refractivity contribution in [2.24, 2.45) is 0 Å². The monoisotopic (exact) mass is 586 g/mol. The van der Waals surface area contributed by atoms with Crippen LogP contribution in [0.2, 0.25) is 15.1 Å². The summed E-state index contributed by atoms with van der Waals surface area (Å²) in [7, 11) is 0.